The molecule has 0 bridgehead atoms. The largest absolute Gasteiger partial charge is 0.490 e. The van der Waals surface area contributed by atoms with Gasteiger partial charge in [0.1, 0.15) is 12.7 Å². The van der Waals surface area contributed by atoms with Crippen LogP contribution >= 0.6 is 0 Å². The molecule has 1 rings (SSSR count). The molecule has 23 heavy (non-hydrogen) atoms. The van der Waals surface area contributed by atoms with Gasteiger partial charge in [-0.25, -0.2) is 14.5 Å². The van der Waals surface area contributed by atoms with Gasteiger partial charge >= 0.3 is 20.6 Å². The molecule has 0 aliphatic rings. The maximum absolute atomic E-state index is 11.0. The van der Waals surface area contributed by atoms with Gasteiger partial charge in [-0.1, -0.05) is 12.1 Å². The summed E-state index contributed by atoms with van der Waals surface area (Å²) >= 11 is 0. The van der Waals surface area contributed by atoms with Gasteiger partial charge < -0.3 is 9.47 Å². The van der Waals surface area contributed by atoms with Crippen LogP contribution in [0.1, 0.15) is 6.92 Å². The van der Waals surface area contributed by atoms with Gasteiger partial charge in [0, 0.05) is 0 Å². The van der Waals surface area contributed by atoms with E-state index in [1.54, 1.807) is 31.2 Å². The Labute approximate surface area is 134 Å². The number of ether oxygens (including phenoxy) is 2. The Morgan fingerprint density at radius 3 is 2.00 bits per heavy atom. The quantitative estimate of drug-likeness (QED) is 0.546. The second kappa shape index (κ2) is 8.42. The Morgan fingerprint density at radius 1 is 0.957 bits per heavy atom. The number of nitrogens with two attached hydrogens (primary N) is 2. The molecule has 1 unspecified atom stereocenters. The second-order valence-electron chi connectivity index (χ2n) is 4.18. The van der Waals surface area contributed by atoms with Gasteiger partial charge in [-0.3, -0.25) is 4.18 Å². The van der Waals surface area contributed by atoms with Crippen molar-refractivity contribution < 1.29 is 34.7 Å². The van der Waals surface area contributed by atoms with Crippen LogP contribution < -0.4 is 19.8 Å². The van der Waals surface area contributed by atoms with Crippen LogP contribution in [-0.4, -0.2) is 42.8 Å². The lowest BCUT2D eigenvalue weighted by molar-refractivity contribution is 0.0870. The predicted molar refractivity (Wildman–Crippen MR) is 80.1 cm³/mol. The Bertz CT molecular complexity index is 704. The molecular weight excluding hydrogens is 352 g/mol. The molecule has 1 aromatic rings. The first-order valence-electron chi connectivity index (χ1n) is 6.33. The van der Waals surface area contributed by atoms with Crippen molar-refractivity contribution in [2.75, 3.05) is 19.8 Å². The highest BCUT2D eigenvalue weighted by atomic mass is 32.2. The predicted octanol–water partition coefficient (Wildman–Crippen LogP) is -0.727. The molecule has 12 heteroatoms. The summed E-state index contributed by atoms with van der Waals surface area (Å²) in [6.45, 7) is 1.12. The first kappa shape index (κ1) is 19.6. The third kappa shape index (κ3) is 8.68. The Kier molecular flexibility index (Phi) is 7.18. The third-order valence-corrected chi connectivity index (χ3v) is 3.27. The topological polar surface area (TPSA) is 157 Å². The normalized spacial score (nSPS) is 13.5. The van der Waals surface area contributed by atoms with Crippen LogP contribution in [0.25, 0.3) is 0 Å². The van der Waals surface area contributed by atoms with Crippen LogP contribution in [0.2, 0.25) is 0 Å². The van der Waals surface area contributed by atoms with E-state index in [0.29, 0.717) is 18.1 Å². The summed E-state index contributed by atoms with van der Waals surface area (Å²) in [4.78, 5) is 0. The lowest BCUT2D eigenvalue weighted by Crippen LogP contribution is -2.34. The number of para-hydroxylation sites is 2. The molecule has 0 saturated heterocycles. The van der Waals surface area contributed by atoms with Gasteiger partial charge in [0.25, 0.3) is 0 Å². The molecule has 4 N–H and O–H groups in total. The number of rotatable bonds is 10. The summed E-state index contributed by atoms with van der Waals surface area (Å²) in [5.41, 5.74) is 0. The first-order valence-corrected chi connectivity index (χ1v) is 9.28. The van der Waals surface area contributed by atoms with Crippen LogP contribution in [0.5, 0.6) is 11.5 Å². The van der Waals surface area contributed by atoms with E-state index in [2.05, 4.69) is 13.5 Å². The van der Waals surface area contributed by atoms with E-state index in [4.69, 9.17) is 14.6 Å². The first-order chi connectivity index (χ1) is 10.6. The molecule has 1 atom stereocenters. The molecule has 132 valence electrons. The van der Waals surface area contributed by atoms with E-state index in [1.807, 2.05) is 0 Å². The van der Waals surface area contributed by atoms with E-state index in [9.17, 15) is 16.8 Å². The smallest absolute Gasteiger partial charge is 0.333 e. The van der Waals surface area contributed by atoms with Crippen molar-refractivity contribution in [3.8, 4) is 11.5 Å². The maximum Gasteiger partial charge on any atom is 0.333 e. The number of benzene rings is 1. The summed E-state index contributed by atoms with van der Waals surface area (Å²) in [7, 11) is -8.61. The highest BCUT2D eigenvalue weighted by molar-refractivity contribution is 7.84. The number of hydrogen-bond acceptors (Lipinski definition) is 8. The Balaban J connectivity index is 2.77. The molecule has 0 spiro atoms. The average molecular weight is 370 g/mol. The van der Waals surface area contributed by atoms with Gasteiger partial charge in [0.2, 0.25) is 0 Å². The summed E-state index contributed by atoms with van der Waals surface area (Å²) in [5.74, 6) is 0.740. The van der Waals surface area contributed by atoms with Crippen LogP contribution in [0.3, 0.4) is 0 Å². The van der Waals surface area contributed by atoms with Crippen molar-refractivity contribution in [2.45, 2.75) is 13.0 Å². The highest BCUT2D eigenvalue weighted by Crippen LogP contribution is 2.26. The molecule has 0 saturated carbocycles. The van der Waals surface area contributed by atoms with E-state index in [1.165, 1.54) is 0 Å². The van der Waals surface area contributed by atoms with Crippen LogP contribution in [-0.2, 0) is 29.0 Å². The minimum atomic E-state index is -4.34. The Hall–Kier alpha value is -1.44. The molecular formula is C11H18N2O8S2. The fourth-order valence-electron chi connectivity index (χ4n) is 1.49. The summed E-state index contributed by atoms with van der Waals surface area (Å²) < 4.78 is 63.0. The van der Waals surface area contributed by atoms with Gasteiger partial charge in [0.15, 0.2) is 11.5 Å². The Morgan fingerprint density at radius 2 is 1.52 bits per heavy atom. The zero-order valence-electron chi connectivity index (χ0n) is 12.2. The monoisotopic (exact) mass is 370 g/mol. The molecule has 0 aliphatic heterocycles. The van der Waals surface area contributed by atoms with E-state index < -0.39 is 33.3 Å². The molecule has 0 aliphatic carbocycles. The third-order valence-electron chi connectivity index (χ3n) is 2.26. The summed E-state index contributed by atoms with van der Waals surface area (Å²) in [5, 5.41) is 9.43. The van der Waals surface area contributed by atoms with Crippen LogP contribution in [0.4, 0.5) is 0 Å². The minimum absolute atomic E-state index is 0.313. The van der Waals surface area contributed by atoms with Gasteiger partial charge in [-0.15, -0.1) is 0 Å². The molecule has 0 fully saturated rings. The van der Waals surface area contributed by atoms with Crippen molar-refractivity contribution >= 4 is 20.6 Å². The lowest BCUT2D eigenvalue weighted by Gasteiger charge is -2.17. The zero-order valence-corrected chi connectivity index (χ0v) is 13.9. The van der Waals surface area contributed by atoms with Gasteiger partial charge in [-0.2, -0.15) is 16.8 Å². The fourth-order valence-corrected chi connectivity index (χ4v) is 2.32. The lowest BCUT2D eigenvalue weighted by atomic mass is 10.3. The van der Waals surface area contributed by atoms with Crippen LogP contribution in [0.15, 0.2) is 24.3 Å². The number of hydrogen-bond donors (Lipinski definition) is 2. The fraction of sp³-hybridized carbons (Fsp3) is 0.455. The van der Waals surface area contributed by atoms with Crippen molar-refractivity contribution in [1.29, 1.82) is 0 Å². The van der Waals surface area contributed by atoms with Gasteiger partial charge in [-0.05, 0) is 19.1 Å². The minimum Gasteiger partial charge on any atom is -0.490 e. The van der Waals surface area contributed by atoms with Crippen molar-refractivity contribution in [3.63, 3.8) is 0 Å². The highest BCUT2D eigenvalue weighted by Gasteiger charge is 2.20. The van der Waals surface area contributed by atoms with Gasteiger partial charge in [0.05, 0.1) is 13.2 Å². The van der Waals surface area contributed by atoms with Crippen LogP contribution in [0, 0.1) is 0 Å². The molecule has 1 aromatic carbocycles. The van der Waals surface area contributed by atoms with E-state index >= 15 is 0 Å². The average Bonchev–Trinajstić information content (AvgIpc) is 2.41. The molecule has 0 heterocycles. The second-order valence-corrected chi connectivity index (χ2v) is 6.58. The molecule has 10 nitrogen and oxygen atoms in total. The van der Waals surface area contributed by atoms with E-state index in [-0.39, 0.29) is 6.61 Å². The van der Waals surface area contributed by atoms with Crippen molar-refractivity contribution in [3.05, 3.63) is 24.3 Å². The molecule has 0 radical (unpaired) electrons. The maximum atomic E-state index is 11.0. The van der Waals surface area contributed by atoms with E-state index in [0.717, 1.165) is 0 Å². The summed E-state index contributed by atoms with van der Waals surface area (Å²) in [6, 6.07) is 6.63. The van der Waals surface area contributed by atoms with Crippen molar-refractivity contribution in [1.82, 2.24) is 0 Å². The standard InChI is InChI=1S/C11H18N2O8S2/c1-2-18-10-5-3-4-6-11(10)19-7-9(21-23(13,16)17)8-20-22(12,14)15/h3-6,9H,2,7-8H2,1H3,(H2,12,14,15)(H2,13,16,17). The SMILES string of the molecule is CCOc1ccccc1OCC(COS(N)(=O)=O)OS(N)(=O)=O. The zero-order chi connectivity index (χ0) is 17.5. The van der Waals surface area contributed by atoms with Crippen molar-refractivity contribution in [2.24, 2.45) is 10.3 Å². The molecule has 0 aromatic heterocycles. The molecule has 0 amide bonds. The summed E-state index contributed by atoms with van der Waals surface area (Å²) in [6.07, 6.45) is -1.32.